The standard InChI is InChI=1S/C29H26O2/c1-3-24-26-17-22-11-7-8-12-25(22)27(26)18-23(28(24)29(30)31-4-2)16-19-13-14-20-9-5-6-10-21(20)15-19/h5-15,18H,3-4,16-17H2,1-2H3. The molecule has 0 saturated heterocycles. The van der Waals surface area contributed by atoms with Crippen molar-refractivity contribution in [2.75, 3.05) is 6.61 Å². The van der Waals surface area contributed by atoms with Crippen molar-refractivity contribution in [3.63, 3.8) is 0 Å². The van der Waals surface area contributed by atoms with Gasteiger partial charge in [-0.1, -0.05) is 73.7 Å². The van der Waals surface area contributed by atoms with E-state index in [1.807, 2.05) is 6.92 Å². The minimum atomic E-state index is -0.200. The van der Waals surface area contributed by atoms with Crippen LogP contribution in [0.25, 0.3) is 21.9 Å². The zero-order valence-corrected chi connectivity index (χ0v) is 18.1. The molecule has 0 aliphatic heterocycles. The van der Waals surface area contributed by atoms with Crippen LogP contribution >= 0.6 is 0 Å². The monoisotopic (exact) mass is 406 g/mol. The second-order valence-corrected chi connectivity index (χ2v) is 8.18. The van der Waals surface area contributed by atoms with E-state index in [4.69, 9.17) is 4.74 Å². The van der Waals surface area contributed by atoms with Crippen LogP contribution in [0, 0.1) is 0 Å². The highest BCUT2D eigenvalue weighted by atomic mass is 16.5. The fourth-order valence-electron chi connectivity index (χ4n) is 4.97. The van der Waals surface area contributed by atoms with Crippen molar-refractivity contribution in [2.24, 2.45) is 0 Å². The van der Waals surface area contributed by atoms with Crippen LogP contribution in [-0.2, 0) is 24.0 Å². The second kappa shape index (κ2) is 8.03. The lowest BCUT2D eigenvalue weighted by Gasteiger charge is -2.18. The summed E-state index contributed by atoms with van der Waals surface area (Å²) in [5, 5.41) is 2.45. The predicted molar refractivity (Wildman–Crippen MR) is 127 cm³/mol. The maximum atomic E-state index is 13.1. The van der Waals surface area contributed by atoms with Crippen LogP contribution in [0.5, 0.6) is 0 Å². The van der Waals surface area contributed by atoms with Crippen molar-refractivity contribution in [3.05, 3.63) is 106 Å². The van der Waals surface area contributed by atoms with Gasteiger partial charge in [0.25, 0.3) is 0 Å². The van der Waals surface area contributed by atoms with Crippen LogP contribution < -0.4 is 0 Å². The summed E-state index contributed by atoms with van der Waals surface area (Å²) in [5.74, 6) is -0.200. The highest BCUT2D eigenvalue weighted by Gasteiger charge is 2.27. The van der Waals surface area contributed by atoms with Gasteiger partial charge >= 0.3 is 5.97 Å². The number of ether oxygens (including phenoxy) is 1. The predicted octanol–water partition coefficient (Wildman–Crippen LogP) is 6.74. The summed E-state index contributed by atoms with van der Waals surface area (Å²) < 4.78 is 5.52. The Bertz CT molecular complexity index is 1300. The molecule has 0 spiro atoms. The maximum Gasteiger partial charge on any atom is 0.338 e. The molecule has 1 aliphatic carbocycles. The normalized spacial score (nSPS) is 11.9. The number of carbonyl (C=O) groups excluding carboxylic acids is 1. The second-order valence-electron chi connectivity index (χ2n) is 8.18. The van der Waals surface area contributed by atoms with E-state index in [2.05, 4.69) is 79.7 Å². The van der Waals surface area contributed by atoms with Gasteiger partial charge in [0.05, 0.1) is 12.2 Å². The third-order valence-electron chi connectivity index (χ3n) is 6.35. The number of fused-ring (bicyclic) bond motifs is 4. The first-order valence-electron chi connectivity index (χ1n) is 11.1. The molecule has 0 unspecified atom stereocenters. The number of rotatable bonds is 5. The fraction of sp³-hybridized carbons (Fsp3) is 0.207. The molecule has 5 rings (SSSR count). The van der Waals surface area contributed by atoms with E-state index in [0.717, 1.165) is 29.5 Å². The van der Waals surface area contributed by atoms with Gasteiger partial charge in [0.1, 0.15) is 0 Å². The molecule has 0 saturated carbocycles. The smallest absolute Gasteiger partial charge is 0.338 e. The Hall–Kier alpha value is -3.39. The molecule has 0 aromatic heterocycles. The molecule has 0 radical (unpaired) electrons. The highest BCUT2D eigenvalue weighted by Crippen LogP contribution is 2.41. The summed E-state index contributed by atoms with van der Waals surface area (Å²) in [6.07, 6.45) is 2.41. The Morgan fingerprint density at radius 1 is 0.871 bits per heavy atom. The van der Waals surface area contributed by atoms with Crippen molar-refractivity contribution >= 4 is 16.7 Å². The van der Waals surface area contributed by atoms with Crippen molar-refractivity contribution in [2.45, 2.75) is 33.1 Å². The van der Waals surface area contributed by atoms with E-state index in [-0.39, 0.29) is 5.97 Å². The van der Waals surface area contributed by atoms with Gasteiger partial charge in [-0.3, -0.25) is 0 Å². The molecule has 4 aromatic rings. The molecule has 31 heavy (non-hydrogen) atoms. The Kier molecular flexibility index (Phi) is 5.07. The minimum absolute atomic E-state index is 0.200. The Balaban J connectivity index is 1.68. The van der Waals surface area contributed by atoms with Gasteiger partial charge in [-0.25, -0.2) is 4.79 Å². The van der Waals surface area contributed by atoms with Crippen molar-refractivity contribution in [1.29, 1.82) is 0 Å². The molecule has 0 bridgehead atoms. The third kappa shape index (κ3) is 3.42. The Labute approximate surface area is 183 Å². The number of esters is 1. The van der Waals surface area contributed by atoms with Crippen molar-refractivity contribution in [1.82, 2.24) is 0 Å². The van der Waals surface area contributed by atoms with Gasteiger partial charge in [0.15, 0.2) is 0 Å². The average Bonchev–Trinajstić information content (AvgIpc) is 3.16. The van der Waals surface area contributed by atoms with Crippen LogP contribution in [0.2, 0.25) is 0 Å². The SMILES string of the molecule is CCOC(=O)c1c(Cc2ccc3ccccc3c2)cc2c(c1CC)Cc1ccccc1-2. The molecular weight excluding hydrogens is 380 g/mol. The first-order valence-corrected chi connectivity index (χ1v) is 11.1. The van der Waals surface area contributed by atoms with E-state index in [9.17, 15) is 4.79 Å². The van der Waals surface area contributed by atoms with Crippen LogP contribution in [0.4, 0.5) is 0 Å². The first kappa shape index (κ1) is 19.6. The highest BCUT2D eigenvalue weighted by molar-refractivity contribution is 5.96. The summed E-state index contributed by atoms with van der Waals surface area (Å²) >= 11 is 0. The molecule has 0 N–H and O–H groups in total. The summed E-state index contributed by atoms with van der Waals surface area (Å²) in [6.45, 7) is 4.39. The quantitative estimate of drug-likeness (QED) is 0.302. The number of benzene rings is 4. The molecular formula is C29H26O2. The lowest BCUT2D eigenvalue weighted by molar-refractivity contribution is 0.0524. The minimum Gasteiger partial charge on any atom is -0.462 e. The summed E-state index contributed by atoms with van der Waals surface area (Å²) in [4.78, 5) is 13.1. The molecule has 0 atom stereocenters. The summed E-state index contributed by atoms with van der Waals surface area (Å²) in [6, 6.07) is 25.8. The lowest BCUT2D eigenvalue weighted by atomic mass is 9.87. The van der Waals surface area contributed by atoms with Crippen LogP contribution in [0.3, 0.4) is 0 Å². The Morgan fingerprint density at radius 3 is 2.45 bits per heavy atom. The topological polar surface area (TPSA) is 26.3 Å². The number of hydrogen-bond donors (Lipinski definition) is 0. The molecule has 4 aromatic carbocycles. The van der Waals surface area contributed by atoms with Crippen LogP contribution in [-0.4, -0.2) is 12.6 Å². The van der Waals surface area contributed by atoms with E-state index in [1.165, 1.54) is 38.6 Å². The van der Waals surface area contributed by atoms with Gasteiger partial charge in [-0.05, 0) is 82.0 Å². The average molecular weight is 407 g/mol. The summed E-state index contributed by atoms with van der Waals surface area (Å²) in [7, 11) is 0. The zero-order chi connectivity index (χ0) is 21.4. The van der Waals surface area contributed by atoms with Crippen molar-refractivity contribution in [3.8, 4) is 11.1 Å². The van der Waals surface area contributed by atoms with Gasteiger partial charge in [0, 0.05) is 0 Å². The third-order valence-corrected chi connectivity index (χ3v) is 6.35. The van der Waals surface area contributed by atoms with Gasteiger partial charge in [-0.15, -0.1) is 0 Å². The molecule has 0 amide bonds. The molecule has 1 aliphatic rings. The largest absolute Gasteiger partial charge is 0.462 e. The van der Waals surface area contributed by atoms with Gasteiger partial charge in [0.2, 0.25) is 0 Å². The van der Waals surface area contributed by atoms with Gasteiger partial charge in [-0.2, -0.15) is 0 Å². The zero-order valence-electron chi connectivity index (χ0n) is 18.1. The maximum absolute atomic E-state index is 13.1. The van der Waals surface area contributed by atoms with Crippen LogP contribution in [0.1, 0.15) is 52.0 Å². The van der Waals surface area contributed by atoms with Crippen molar-refractivity contribution < 1.29 is 9.53 Å². The fourth-order valence-corrected chi connectivity index (χ4v) is 4.97. The lowest BCUT2D eigenvalue weighted by Crippen LogP contribution is -2.14. The van der Waals surface area contributed by atoms with Gasteiger partial charge < -0.3 is 4.74 Å². The molecule has 0 fully saturated rings. The van der Waals surface area contributed by atoms with E-state index in [0.29, 0.717) is 13.0 Å². The van der Waals surface area contributed by atoms with E-state index < -0.39 is 0 Å². The number of hydrogen-bond acceptors (Lipinski definition) is 2. The molecule has 154 valence electrons. The molecule has 2 nitrogen and oxygen atoms in total. The number of carbonyl (C=O) groups is 1. The van der Waals surface area contributed by atoms with E-state index in [1.54, 1.807) is 0 Å². The van der Waals surface area contributed by atoms with E-state index >= 15 is 0 Å². The summed E-state index contributed by atoms with van der Waals surface area (Å²) in [5.41, 5.74) is 9.36. The Morgan fingerprint density at radius 2 is 1.65 bits per heavy atom. The molecule has 0 heterocycles. The first-order chi connectivity index (χ1) is 15.2. The molecule has 2 heteroatoms. The van der Waals surface area contributed by atoms with Crippen LogP contribution in [0.15, 0.2) is 72.8 Å².